The van der Waals surface area contributed by atoms with Crippen LogP contribution in [0.25, 0.3) is 0 Å². The van der Waals surface area contributed by atoms with Gasteiger partial charge in [0.2, 0.25) is 0 Å². The van der Waals surface area contributed by atoms with E-state index in [2.05, 4.69) is 71.5 Å². The summed E-state index contributed by atoms with van der Waals surface area (Å²) in [4.78, 5) is 0. The number of hydrogen-bond donors (Lipinski definition) is 1. The van der Waals surface area contributed by atoms with Gasteiger partial charge in [0.15, 0.2) is 0 Å². The van der Waals surface area contributed by atoms with Crippen LogP contribution < -0.4 is 10.1 Å². The first-order valence-electron chi connectivity index (χ1n) is 6.72. The number of hydrogen-bond acceptors (Lipinski definition) is 2. The van der Waals surface area contributed by atoms with E-state index in [1.807, 2.05) is 6.07 Å². The second-order valence-corrected chi connectivity index (χ2v) is 5.84. The van der Waals surface area contributed by atoms with Gasteiger partial charge in [-0.15, -0.1) is 0 Å². The van der Waals surface area contributed by atoms with Crippen LogP contribution in [0.3, 0.4) is 0 Å². The van der Waals surface area contributed by atoms with Crippen molar-refractivity contribution in [1.29, 1.82) is 0 Å². The van der Waals surface area contributed by atoms with Gasteiger partial charge in [-0.2, -0.15) is 0 Å². The van der Waals surface area contributed by atoms with E-state index in [-0.39, 0.29) is 0 Å². The second kappa shape index (κ2) is 6.91. The molecular formula is C17H20BrNO. The quantitative estimate of drug-likeness (QED) is 0.862. The van der Waals surface area contributed by atoms with Gasteiger partial charge in [-0.05, 0) is 53.0 Å². The number of halogens is 1. The molecule has 2 nitrogen and oxygen atoms in total. The molecule has 0 saturated heterocycles. The highest BCUT2D eigenvalue weighted by molar-refractivity contribution is 9.10. The minimum absolute atomic E-state index is 0.329. The fourth-order valence-electron chi connectivity index (χ4n) is 2.15. The first kappa shape index (κ1) is 15.1. The molecule has 1 N–H and O–H groups in total. The third-order valence-corrected chi connectivity index (χ3v) is 3.99. The molecule has 2 aromatic rings. The SMILES string of the molecule is COc1ccc(CN[C@@H](C)c2cccc(C)c2)cc1Br. The molecule has 2 aromatic carbocycles. The molecule has 0 aliphatic heterocycles. The van der Waals surface area contributed by atoms with Crippen LogP contribution in [0.15, 0.2) is 46.9 Å². The van der Waals surface area contributed by atoms with Crippen LogP contribution in [0.2, 0.25) is 0 Å². The van der Waals surface area contributed by atoms with E-state index in [1.54, 1.807) is 7.11 Å². The lowest BCUT2D eigenvalue weighted by Gasteiger charge is -2.15. The molecule has 0 fully saturated rings. The molecule has 106 valence electrons. The molecule has 0 bridgehead atoms. The average molecular weight is 334 g/mol. The molecule has 2 rings (SSSR count). The van der Waals surface area contributed by atoms with Crippen LogP contribution in [0.1, 0.15) is 29.7 Å². The third-order valence-electron chi connectivity index (χ3n) is 3.37. The molecule has 0 aliphatic carbocycles. The number of methoxy groups -OCH3 is 1. The van der Waals surface area contributed by atoms with Crippen molar-refractivity contribution in [3.8, 4) is 5.75 Å². The van der Waals surface area contributed by atoms with Crippen LogP contribution in [-0.2, 0) is 6.54 Å². The predicted molar refractivity (Wildman–Crippen MR) is 87.1 cm³/mol. The summed E-state index contributed by atoms with van der Waals surface area (Å²) in [5.74, 6) is 0.862. The van der Waals surface area contributed by atoms with Crippen LogP contribution in [0.4, 0.5) is 0 Å². The van der Waals surface area contributed by atoms with Crippen LogP contribution in [0, 0.1) is 6.92 Å². The van der Waals surface area contributed by atoms with E-state index in [0.29, 0.717) is 6.04 Å². The van der Waals surface area contributed by atoms with Gasteiger partial charge in [-0.25, -0.2) is 0 Å². The minimum Gasteiger partial charge on any atom is -0.496 e. The molecule has 1 atom stereocenters. The van der Waals surface area contributed by atoms with Crippen molar-refractivity contribution < 1.29 is 4.74 Å². The fraction of sp³-hybridized carbons (Fsp3) is 0.294. The van der Waals surface area contributed by atoms with E-state index >= 15 is 0 Å². The Kier molecular flexibility index (Phi) is 5.21. The molecule has 3 heteroatoms. The zero-order valence-corrected chi connectivity index (χ0v) is 13.7. The first-order valence-corrected chi connectivity index (χ1v) is 7.52. The Balaban J connectivity index is 1.99. The number of rotatable bonds is 5. The van der Waals surface area contributed by atoms with Gasteiger partial charge in [-0.3, -0.25) is 0 Å². The Labute approximate surface area is 129 Å². The van der Waals surface area contributed by atoms with Crippen molar-refractivity contribution in [1.82, 2.24) is 5.32 Å². The van der Waals surface area contributed by atoms with Crippen molar-refractivity contribution >= 4 is 15.9 Å². The molecule has 0 radical (unpaired) electrons. The predicted octanol–water partition coefficient (Wildman–Crippen LogP) is 4.62. The highest BCUT2D eigenvalue weighted by Crippen LogP contribution is 2.25. The summed E-state index contributed by atoms with van der Waals surface area (Å²) in [5, 5.41) is 3.55. The molecule has 0 heterocycles. The lowest BCUT2D eigenvalue weighted by Crippen LogP contribution is -2.18. The number of ether oxygens (including phenoxy) is 1. The van der Waals surface area contributed by atoms with Gasteiger partial charge in [0.1, 0.15) is 5.75 Å². The summed E-state index contributed by atoms with van der Waals surface area (Å²) in [6.07, 6.45) is 0. The van der Waals surface area contributed by atoms with Crippen molar-refractivity contribution in [2.45, 2.75) is 26.4 Å². The van der Waals surface area contributed by atoms with Gasteiger partial charge >= 0.3 is 0 Å². The van der Waals surface area contributed by atoms with Gasteiger partial charge < -0.3 is 10.1 Å². The molecule has 0 aromatic heterocycles. The van der Waals surface area contributed by atoms with Crippen molar-refractivity contribution in [3.05, 3.63) is 63.6 Å². The van der Waals surface area contributed by atoms with Gasteiger partial charge in [0, 0.05) is 12.6 Å². The second-order valence-electron chi connectivity index (χ2n) is 4.99. The van der Waals surface area contributed by atoms with Crippen LogP contribution in [0.5, 0.6) is 5.75 Å². The summed E-state index contributed by atoms with van der Waals surface area (Å²) >= 11 is 3.52. The number of aryl methyl sites for hydroxylation is 1. The zero-order valence-electron chi connectivity index (χ0n) is 12.1. The summed E-state index contributed by atoms with van der Waals surface area (Å²) in [6, 6.07) is 15.1. The van der Waals surface area contributed by atoms with Gasteiger partial charge in [0.25, 0.3) is 0 Å². The maximum Gasteiger partial charge on any atom is 0.133 e. The number of nitrogens with one attached hydrogen (secondary N) is 1. The smallest absolute Gasteiger partial charge is 0.133 e. The first-order chi connectivity index (χ1) is 9.60. The molecule has 0 amide bonds. The monoisotopic (exact) mass is 333 g/mol. The topological polar surface area (TPSA) is 21.3 Å². The maximum absolute atomic E-state index is 5.24. The van der Waals surface area contributed by atoms with Crippen LogP contribution in [-0.4, -0.2) is 7.11 Å². The van der Waals surface area contributed by atoms with E-state index < -0.39 is 0 Å². The van der Waals surface area contributed by atoms with Crippen LogP contribution >= 0.6 is 15.9 Å². The molecule has 0 unspecified atom stereocenters. The van der Waals surface area contributed by atoms with E-state index in [1.165, 1.54) is 16.7 Å². The highest BCUT2D eigenvalue weighted by atomic mass is 79.9. The highest BCUT2D eigenvalue weighted by Gasteiger charge is 2.06. The summed E-state index contributed by atoms with van der Waals surface area (Å²) < 4.78 is 6.23. The Morgan fingerprint density at radius 1 is 1.20 bits per heavy atom. The summed E-state index contributed by atoms with van der Waals surface area (Å²) in [6.45, 7) is 5.14. The number of benzene rings is 2. The molecule has 20 heavy (non-hydrogen) atoms. The lowest BCUT2D eigenvalue weighted by atomic mass is 10.1. The van der Waals surface area contributed by atoms with Gasteiger partial charge in [0.05, 0.1) is 11.6 Å². The van der Waals surface area contributed by atoms with Crippen molar-refractivity contribution in [2.75, 3.05) is 7.11 Å². The Bertz CT molecular complexity index is 583. The zero-order chi connectivity index (χ0) is 14.5. The molecule has 0 aliphatic rings. The maximum atomic E-state index is 5.24. The lowest BCUT2D eigenvalue weighted by molar-refractivity contribution is 0.412. The minimum atomic E-state index is 0.329. The summed E-state index contributed by atoms with van der Waals surface area (Å²) in [5.41, 5.74) is 3.85. The Morgan fingerprint density at radius 3 is 2.65 bits per heavy atom. The fourth-order valence-corrected chi connectivity index (χ4v) is 2.74. The largest absolute Gasteiger partial charge is 0.496 e. The normalized spacial score (nSPS) is 12.2. The molecular weight excluding hydrogens is 314 g/mol. The van der Waals surface area contributed by atoms with Crippen molar-refractivity contribution in [2.24, 2.45) is 0 Å². The van der Waals surface area contributed by atoms with E-state index in [0.717, 1.165) is 16.8 Å². The van der Waals surface area contributed by atoms with Crippen molar-refractivity contribution in [3.63, 3.8) is 0 Å². The molecule has 0 spiro atoms. The van der Waals surface area contributed by atoms with E-state index in [9.17, 15) is 0 Å². The average Bonchev–Trinajstić information content (AvgIpc) is 2.45. The molecule has 0 saturated carbocycles. The van der Waals surface area contributed by atoms with Gasteiger partial charge in [-0.1, -0.05) is 35.9 Å². The Morgan fingerprint density at radius 2 is 2.00 bits per heavy atom. The third kappa shape index (κ3) is 3.84. The standard InChI is InChI=1S/C17H20BrNO/c1-12-5-4-6-15(9-12)13(2)19-11-14-7-8-17(20-3)16(18)10-14/h4-10,13,19H,11H2,1-3H3/t13-/m0/s1. The van der Waals surface area contributed by atoms with E-state index in [4.69, 9.17) is 4.74 Å². The Hall–Kier alpha value is -1.32. The summed E-state index contributed by atoms with van der Waals surface area (Å²) in [7, 11) is 1.68.